The van der Waals surface area contributed by atoms with Gasteiger partial charge in [0.05, 0.1) is 0 Å². The molecular weight excluding hydrogens is 288 g/mol. The van der Waals surface area contributed by atoms with Crippen molar-refractivity contribution in [3.05, 3.63) is 10.8 Å². The normalized spacial score (nSPS) is 16.1. The predicted octanol–water partition coefficient (Wildman–Crippen LogP) is 4.08. The van der Waals surface area contributed by atoms with Crippen LogP contribution in [0.3, 0.4) is 0 Å². The number of hydrogen-bond acceptors (Lipinski definition) is 6. The van der Waals surface area contributed by atoms with Crippen LogP contribution >= 0.6 is 22.7 Å². The first kappa shape index (κ1) is 13.8. The van der Waals surface area contributed by atoms with Crippen molar-refractivity contribution >= 4 is 32.9 Å². The predicted molar refractivity (Wildman–Crippen MR) is 88.1 cm³/mol. The Balaban J connectivity index is 1.74. The molecule has 4 nitrogen and oxygen atoms in total. The minimum atomic E-state index is 0.906. The summed E-state index contributed by atoms with van der Waals surface area (Å²) in [4.78, 5) is 11.8. The molecule has 0 bridgehead atoms. The molecule has 3 heterocycles. The first-order valence-corrected chi connectivity index (χ1v) is 9.03. The second kappa shape index (κ2) is 6.54. The van der Waals surface area contributed by atoms with Crippen molar-refractivity contribution in [2.75, 3.05) is 29.9 Å². The molecule has 20 heavy (non-hydrogen) atoms. The second-order valence-electron chi connectivity index (χ2n) is 4.98. The molecular formula is C14H20N4S2. The largest absolute Gasteiger partial charge is 0.362 e. The Morgan fingerprint density at radius 1 is 1.05 bits per heavy atom. The molecule has 1 saturated heterocycles. The molecule has 0 amide bonds. The highest BCUT2D eigenvalue weighted by Crippen LogP contribution is 2.30. The third kappa shape index (κ3) is 3.12. The molecule has 108 valence electrons. The van der Waals surface area contributed by atoms with Gasteiger partial charge in [-0.1, -0.05) is 12.8 Å². The van der Waals surface area contributed by atoms with Gasteiger partial charge in [0.1, 0.15) is 11.4 Å². The molecule has 0 spiro atoms. The molecule has 0 aliphatic carbocycles. The lowest BCUT2D eigenvalue weighted by molar-refractivity contribution is 0.726. The molecule has 0 aromatic carbocycles. The van der Waals surface area contributed by atoms with Gasteiger partial charge in [-0.15, -0.1) is 22.7 Å². The van der Waals surface area contributed by atoms with Crippen molar-refractivity contribution in [3.63, 3.8) is 0 Å². The van der Waals surface area contributed by atoms with E-state index in [1.165, 1.54) is 25.7 Å². The molecule has 2 aromatic heterocycles. The van der Waals surface area contributed by atoms with Crippen LogP contribution in [0.5, 0.6) is 0 Å². The molecule has 1 N–H and O–H groups in total. The first-order valence-electron chi connectivity index (χ1n) is 7.27. The average Bonchev–Trinajstić information content (AvgIpc) is 3.03. The SMILES string of the molecule is CCNc1nc(-c2csc(N3CCCCCC3)n2)cs1. The van der Waals surface area contributed by atoms with Crippen molar-refractivity contribution in [2.24, 2.45) is 0 Å². The zero-order valence-electron chi connectivity index (χ0n) is 11.8. The molecule has 3 rings (SSSR count). The van der Waals surface area contributed by atoms with Gasteiger partial charge in [-0.25, -0.2) is 9.97 Å². The van der Waals surface area contributed by atoms with E-state index in [4.69, 9.17) is 4.98 Å². The number of hydrogen-bond donors (Lipinski definition) is 1. The van der Waals surface area contributed by atoms with Gasteiger partial charge in [-0.3, -0.25) is 0 Å². The Morgan fingerprint density at radius 2 is 1.75 bits per heavy atom. The van der Waals surface area contributed by atoms with Crippen molar-refractivity contribution in [3.8, 4) is 11.4 Å². The molecule has 0 unspecified atom stereocenters. The summed E-state index contributed by atoms with van der Waals surface area (Å²) in [6, 6.07) is 0. The Bertz CT molecular complexity index is 541. The van der Waals surface area contributed by atoms with E-state index in [0.717, 1.165) is 41.3 Å². The average molecular weight is 308 g/mol. The Hall–Kier alpha value is -1.14. The van der Waals surface area contributed by atoms with Crippen LogP contribution in [0.2, 0.25) is 0 Å². The number of anilines is 2. The molecule has 0 radical (unpaired) electrons. The smallest absolute Gasteiger partial charge is 0.185 e. The van der Waals surface area contributed by atoms with Crippen molar-refractivity contribution in [1.29, 1.82) is 0 Å². The van der Waals surface area contributed by atoms with Gasteiger partial charge in [0.2, 0.25) is 0 Å². The van der Waals surface area contributed by atoms with Gasteiger partial charge >= 0.3 is 0 Å². The van der Waals surface area contributed by atoms with Crippen molar-refractivity contribution in [2.45, 2.75) is 32.6 Å². The number of nitrogens with one attached hydrogen (secondary N) is 1. The van der Waals surface area contributed by atoms with Crippen LogP contribution < -0.4 is 10.2 Å². The van der Waals surface area contributed by atoms with E-state index in [-0.39, 0.29) is 0 Å². The van der Waals surface area contributed by atoms with Gasteiger partial charge in [-0.2, -0.15) is 0 Å². The van der Waals surface area contributed by atoms with E-state index >= 15 is 0 Å². The highest BCUT2D eigenvalue weighted by molar-refractivity contribution is 7.14. The van der Waals surface area contributed by atoms with Gasteiger partial charge in [0, 0.05) is 30.4 Å². The summed E-state index contributed by atoms with van der Waals surface area (Å²) in [6.07, 6.45) is 5.28. The van der Waals surface area contributed by atoms with Crippen LogP contribution in [-0.4, -0.2) is 29.6 Å². The fraction of sp³-hybridized carbons (Fsp3) is 0.571. The zero-order chi connectivity index (χ0) is 13.8. The van der Waals surface area contributed by atoms with Crippen LogP contribution in [0.1, 0.15) is 32.6 Å². The molecule has 1 aliphatic rings. The van der Waals surface area contributed by atoms with E-state index in [2.05, 4.69) is 32.9 Å². The monoisotopic (exact) mass is 308 g/mol. The highest BCUT2D eigenvalue weighted by atomic mass is 32.1. The summed E-state index contributed by atoms with van der Waals surface area (Å²) in [7, 11) is 0. The molecule has 0 saturated carbocycles. The van der Waals surface area contributed by atoms with Gasteiger partial charge < -0.3 is 10.2 Å². The summed E-state index contributed by atoms with van der Waals surface area (Å²) in [5.41, 5.74) is 2.00. The van der Waals surface area contributed by atoms with E-state index in [0.29, 0.717) is 0 Å². The topological polar surface area (TPSA) is 41.1 Å². The maximum atomic E-state index is 4.78. The third-order valence-corrected chi connectivity index (χ3v) is 5.16. The van der Waals surface area contributed by atoms with Crippen LogP contribution in [0, 0.1) is 0 Å². The summed E-state index contributed by atoms with van der Waals surface area (Å²) in [6.45, 7) is 5.28. The molecule has 2 aromatic rings. The maximum absolute atomic E-state index is 4.78. The van der Waals surface area contributed by atoms with Gasteiger partial charge in [0.25, 0.3) is 0 Å². The van der Waals surface area contributed by atoms with Crippen LogP contribution in [0.15, 0.2) is 10.8 Å². The third-order valence-electron chi connectivity index (χ3n) is 3.46. The van der Waals surface area contributed by atoms with E-state index < -0.39 is 0 Å². The lowest BCUT2D eigenvalue weighted by Crippen LogP contribution is -2.23. The van der Waals surface area contributed by atoms with Gasteiger partial charge in [0.15, 0.2) is 10.3 Å². The number of nitrogens with zero attached hydrogens (tertiary/aromatic N) is 3. The summed E-state index contributed by atoms with van der Waals surface area (Å²) < 4.78 is 0. The fourth-order valence-corrected chi connectivity index (χ4v) is 4.06. The number of thiazole rings is 2. The van der Waals surface area contributed by atoms with E-state index in [1.54, 1.807) is 22.7 Å². The van der Waals surface area contributed by atoms with Crippen LogP contribution in [-0.2, 0) is 0 Å². The van der Waals surface area contributed by atoms with Crippen molar-refractivity contribution in [1.82, 2.24) is 9.97 Å². The zero-order valence-corrected chi connectivity index (χ0v) is 13.4. The van der Waals surface area contributed by atoms with Crippen LogP contribution in [0.4, 0.5) is 10.3 Å². The summed E-state index contributed by atoms with van der Waals surface area (Å²) in [5, 5.41) is 9.59. The lowest BCUT2D eigenvalue weighted by Gasteiger charge is -2.18. The van der Waals surface area contributed by atoms with Crippen molar-refractivity contribution < 1.29 is 0 Å². The number of aromatic nitrogens is 2. The van der Waals surface area contributed by atoms with Crippen LogP contribution in [0.25, 0.3) is 11.4 Å². The number of rotatable bonds is 4. The maximum Gasteiger partial charge on any atom is 0.185 e. The molecule has 1 fully saturated rings. The second-order valence-corrected chi connectivity index (χ2v) is 6.68. The Labute approximate surface area is 127 Å². The Kier molecular flexibility index (Phi) is 4.52. The minimum Gasteiger partial charge on any atom is -0.362 e. The van der Waals surface area contributed by atoms with E-state index in [1.807, 2.05) is 0 Å². The summed E-state index contributed by atoms with van der Waals surface area (Å²) in [5.74, 6) is 0. The van der Waals surface area contributed by atoms with Gasteiger partial charge in [-0.05, 0) is 19.8 Å². The standard InChI is InChI=1S/C14H20N4S2/c1-2-15-13-16-11(9-19-13)12-10-20-14(17-12)18-7-5-3-4-6-8-18/h9-10H,2-8H2,1H3,(H,15,16). The van der Waals surface area contributed by atoms with E-state index in [9.17, 15) is 0 Å². The quantitative estimate of drug-likeness (QED) is 0.924. The molecule has 1 aliphatic heterocycles. The fourth-order valence-electron chi connectivity index (χ4n) is 2.41. The minimum absolute atomic E-state index is 0.906. The Morgan fingerprint density at radius 3 is 2.50 bits per heavy atom. The lowest BCUT2D eigenvalue weighted by atomic mass is 10.2. The first-order chi connectivity index (χ1) is 9.86. The molecule has 0 atom stereocenters. The summed E-state index contributed by atoms with van der Waals surface area (Å²) >= 11 is 3.39. The highest BCUT2D eigenvalue weighted by Gasteiger charge is 2.15. The molecule has 6 heteroatoms.